The van der Waals surface area contributed by atoms with Crippen LogP contribution in [0.25, 0.3) is 0 Å². The third kappa shape index (κ3) is 5.05. The molecule has 0 bridgehead atoms. The molecule has 1 unspecified atom stereocenters. The zero-order valence-electron chi connectivity index (χ0n) is 15.0. The highest BCUT2D eigenvalue weighted by Gasteiger charge is 2.42. The Hall–Kier alpha value is -2.87. The average Bonchev–Trinajstić information content (AvgIpc) is 2.64. The molecule has 0 radical (unpaired) electrons. The van der Waals surface area contributed by atoms with Crippen molar-refractivity contribution in [2.24, 2.45) is 5.41 Å². The first kappa shape index (κ1) is 20.2. The lowest BCUT2D eigenvalue weighted by atomic mass is 9.76. The van der Waals surface area contributed by atoms with Crippen LogP contribution in [0.5, 0.6) is 0 Å². The zero-order valence-corrected chi connectivity index (χ0v) is 15.0. The van der Waals surface area contributed by atoms with Gasteiger partial charge in [0, 0.05) is 12.0 Å². The molecule has 1 rings (SSSR count). The van der Waals surface area contributed by atoms with E-state index in [9.17, 15) is 14.9 Å². The fourth-order valence-electron chi connectivity index (χ4n) is 2.32. The molecule has 0 amide bonds. The topological polar surface area (TPSA) is 76.4 Å². The maximum Gasteiger partial charge on any atom is 0.333 e. The lowest BCUT2D eigenvalue weighted by Crippen LogP contribution is -2.35. The molecule has 132 valence electrons. The number of hydrogen-bond donors (Lipinski definition) is 0. The maximum atomic E-state index is 12.6. The summed E-state index contributed by atoms with van der Waals surface area (Å²) in [4.78, 5) is 24.1. The zero-order chi connectivity index (χ0) is 18.9. The van der Waals surface area contributed by atoms with Crippen molar-refractivity contribution in [1.82, 2.24) is 0 Å². The van der Waals surface area contributed by atoms with Crippen LogP contribution in [-0.2, 0) is 25.5 Å². The largest absolute Gasteiger partial charge is 0.466 e. The van der Waals surface area contributed by atoms with Gasteiger partial charge in [0.05, 0.1) is 19.8 Å². The number of methoxy groups -OCH3 is 1. The number of nitrogens with zero attached hydrogens (tertiary/aromatic N) is 1. The summed E-state index contributed by atoms with van der Waals surface area (Å²) in [6.45, 7) is 5.17. The Morgan fingerprint density at radius 2 is 1.84 bits per heavy atom. The smallest absolute Gasteiger partial charge is 0.333 e. The van der Waals surface area contributed by atoms with Crippen molar-refractivity contribution >= 4 is 11.9 Å². The number of carbonyl (C=O) groups is 2. The van der Waals surface area contributed by atoms with Crippen LogP contribution < -0.4 is 0 Å². The monoisotopic (exact) mass is 341 g/mol. The van der Waals surface area contributed by atoms with Crippen LogP contribution in [0.2, 0.25) is 0 Å². The van der Waals surface area contributed by atoms with E-state index in [-0.39, 0.29) is 13.0 Å². The molecule has 0 heterocycles. The van der Waals surface area contributed by atoms with E-state index in [1.807, 2.05) is 30.3 Å². The van der Waals surface area contributed by atoms with E-state index in [0.717, 1.165) is 5.56 Å². The number of hydrogen-bond acceptors (Lipinski definition) is 5. The first-order chi connectivity index (χ1) is 11.9. The number of esters is 2. The molecule has 1 atom stereocenters. The highest BCUT2D eigenvalue weighted by Crippen LogP contribution is 2.33. The first-order valence-corrected chi connectivity index (χ1v) is 7.97. The second kappa shape index (κ2) is 9.43. The Morgan fingerprint density at radius 3 is 2.36 bits per heavy atom. The fourth-order valence-corrected chi connectivity index (χ4v) is 2.32. The molecule has 0 N–H and O–H groups in total. The Balaban J connectivity index is 3.32. The average molecular weight is 341 g/mol. The summed E-state index contributed by atoms with van der Waals surface area (Å²) in [6, 6.07) is 11.4. The van der Waals surface area contributed by atoms with Gasteiger partial charge in [-0.05, 0) is 31.9 Å². The second-order valence-corrected chi connectivity index (χ2v) is 5.59. The lowest BCUT2D eigenvalue weighted by molar-refractivity contribution is -0.150. The Morgan fingerprint density at radius 1 is 1.20 bits per heavy atom. The minimum atomic E-state index is -1.45. The van der Waals surface area contributed by atoms with E-state index in [4.69, 9.17) is 4.74 Å². The standard InChI is InChI=1S/C20H23NO4/c1-5-25-19(23)20(14-21,13-17-9-7-6-8-10-17)16(3)12-11-15(2)18(22)24-4/h6-12H,5,13H2,1-4H3/b15-11-,16-12+. The van der Waals surface area contributed by atoms with E-state index >= 15 is 0 Å². The van der Waals surface area contributed by atoms with Crippen LogP contribution in [0, 0.1) is 16.7 Å². The SMILES string of the molecule is CCOC(=O)C(C#N)(Cc1ccccc1)/C(C)=C/C=C(/C)C(=O)OC. The Kier molecular flexibility index (Phi) is 7.61. The number of ether oxygens (including phenoxy) is 2. The molecule has 0 aliphatic carbocycles. The minimum Gasteiger partial charge on any atom is -0.466 e. The van der Waals surface area contributed by atoms with Crippen molar-refractivity contribution in [1.29, 1.82) is 5.26 Å². The molecule has 1 aromatic carbocycles. The van der Waals surface area contributed by atoms with Crippen molar-refractivity contribution < 1.29 is 19.1 Å². The molecule has 1 aromatic rings. The highest BCUT2D eigenvalue weighted by molar-refractivity contribution is 5.88. The molecular weight excluding hydrogens is 318 g/mol. The molecule has 5 nitrogen and oxygen atoms in total. The lowest BCUT2D eigenvalue weighted by Gasteiger charge is -2.25. The molecule has 0 aliphatic rings. The summed E-state index contributed by atoms with van der Waals surface area (Å²) in [5.41, 5.74) is 0.265. The third-order valence-electron chi connectivity index (χ3n) is 3.89. The fraction of sp³-hybridized carbons (Fsp3) is 0.350. The Labute approximate surface area is 148 Å². The van der Waals surface area contributed by atoms with E-state index in [1.54, 1.807) is 26.8 Å². The summed E-state index contributed by atoms with van der Waals surface area (Å²) in [5, 5.41) is 9.82. The molecule has 0 aliphatic heterocycles. The van der Waals surface area contributed by atoms with Crippen LogP contribution >= 0.6 is 0 Å². The van der Waals surface area contributed by atoms with Crippen molar-refractivity contribution in [2.45, 2.75) is 27.2 Å². The van der Waals surface area contributed by atoms with Gasteiger partial charge in [0.2, 0.25) is 0 Å². The summed E-state index contributed by atoms with van der Waals surface area (Å²) >= 11 is 0. The summed E-state index contributed by atoms with van der Waals surface area (Å²) in [6.07, 6.45) is 3.32. The molecule has 0 spiro atoms. The quantitative estimate of drug-likeness (QED) is 0.432. The van der Waals surface area contributed by atoms with Gasteiger partial charge in [0.1, 0.15) is 0 Å². The van der Waals surface area contributed by atoms with Gasteiger partial charge < -0.3 is 9.47 Å². The molecule has 0 aromatic heterocycles. The van der Waals surface area contributed by atoms with Crippen LogP contribution in [0.4, 0.5) is 0 Å². The summed E-state index contributed by atoms with van der Waals surface area (Å²) < 4.78 is 9.80. The van der Waals surface area contributed by atoms with Crippen molar-refractivity contribution in [3.8, 4) is 6.07 Å². The van der Waals surface area contributed by atoms with E-state index in [2.05, 4.69) is 10.8 Å². The molecule has 25 heavy (non-hydrogen) atoms. The van der Waals surface area contributed by atoms with Gasteiger partial charge in [-0.3, -0.25) is 0 Å². The van der Waals surface area contributed by atoms with E-state index < -0.39 is 17.4 Å². The number of rotatable bonds is 7. The van der Waals surface area contributed by atoms with Gasteiger partial charge in [0.25, 0.3) is 0 Å². The van der Waals surface area contributed by atoms with Crippen LogP contribution in [0.3, 0.4) is 0 Å². The van der Waals surface area contributed by atoms with Crippen LogP contribution in [-0.4, -0.2) is 25.7 Å². The highest BCUT2D eigenvalue weighted by atomic mass is 16.5. The predicted octanol–water partition coefficient (Wildman–Crippen LogP) is 3.37. The van der Waals surface area contributed by atoms with Gasteiger partial charge in [-0.25, -0.2) is 9.59 Å². The predicted molar refractivity (Wildman–Crippen MR) is 94.4 cm³/mol. The molecule has 5 heteroatoms. The number of carbonyl (C=O) groups excluding carboxylic acids is 2. The van der Waals surface area contributed by atoms with Crippen LogP contribution in [0.1, 0.15) is 26.3 Å². The normalized spacial score (nSPS) is 14.2. The Bertz CT molecular complexity index is 713. The van der Waals surface area contributed by atoms with Gasteiger partial charge in [-0.2, -0.15) is 5.26 Å². The summed E-state index contributed by atoms with van der Waals surface area (Å²) in [7, 11) is 1.30. The van der Waals surface area contributed by atoms with Gasteiger partial charge in [-0.15, -0.1) is 0 Å². The van der Waals surface area contributed by atoms with E-state index in [1.165, 1.54) is 13.2 Å². The second-order valence-electron chi connectivity index (χ2n) is 5.59. The van der Waals surface area contributed by atoms with Crippen molar-refractivity contribution in [2.75, 3.05) is 13.7 Å². The van der Waals surface area contributed by atoms with Gasteiger partial charge in [-0.1, -0.05) is 42.5 Å². The number of benzene rings is 1. The maximum absolute atomic E-state index is 12.6. The van der Waals surface area contributed by atoms with Crippen molar-refractivity contribution in [3.63, 3.8) is 0 Å². The van der Waals surface area contributed by atoms with Gasteiger partial charge in [0.15, 0.2) is 5.41 Å². The first-order valence-electron chi connectivity index (χ1n) is 7.97. The van der Waals surface area contributed by atoms with Gasteiger partial charge >= 0.3 is 11.9 Å². The molecule has 0 saturated carbocycles. The van der Waals surface area contributed by atoms with Crippen molar-refractivity contribution in [3.05, 3.63) is 59.2 Å². The number of nitriles is 1. The molecule has 0 fully saturated rings. The van der Waals surface area contributed by atoms with Crippen LogP contribution in [0.15, 0.2) is 53.6 Å². The third-order valence-corrected chi connectivity index (χ3v) is 3.89. The number of allylic oxidation sites excluding steroid dienone is 2. The molecular formula is C20H23NO4. The summed E-state index contributed by atoms with van der Waals surface area (Å²) in [5.74, 6) is -1.06. The molecule has 0 saturated heterocycles. The minimum absolute atomic E-state index is 0.182. The van der Waals surface area contributed by atoms with E-state index in [0.29, 0.717) is 11.1 Å².